The molecular weight excluding hydrogens is 248 g/mol. The number of primary amides is 1. The van der Waals surface area contributed by atoms with Crippen molar-refractivity contribution in [2.45, 2.75) is 38.3 Å². The SMILES string of the molecule is NC(=O)c1csc(CNCCC2CCCCO2)c1. The number of carbonyl (C=O) groups is 1. The maximum atomic E-state index is 10.9. The van der Waals surface area contributed by atoms with Crippen molar-refractivity contribution in [3.8, 4) is 0 Å². The second kappa shape index (κ2) is 6.87. The van der Waals surface area contributed by atoms with Gasteiger partial charge in [0.05, 0.1) is 11.7 Å². The Bertz CT molecular complexity index is 386. The van der Waals surface area contributed by atoms with E-state index in [1.807, 2.05) is 11.4 Å². The fraction of sp³-hybridized carbons (Fsp3) is 0.615. The molecule has 2 rings (SSSR count). The molecule has 1 saturated heterocycles. The number of carbonyl (C=O) groups excluding carboxylic acids is 1. The van der Waals surface area contributed by atoms with Crippen LogP contribution >= 0.6 is 11.3 Å². The smallest absolute Gasteiger partial charge is 0.249 e. The van der Waals surface area contributed by atoms with Gasteiger partial charge in [-0.25, -0.2) is 0 Å². The zero-order chi connectivity index (χ0) is 12.8. The van der Waals surface area contributed by atoms with E-state index in [-0.39, 0.29) is 5.91 Å². The van der Waals surface area contributed by atoms with Crippen molar-refractivity contribution in [3.63, 3.8) is 0 Å². The molecule has 1 atom stereocenters. The van der Waals surface area contributed by atoms with Gasteiger partial charge in [-0.3, -0.25) is 4.79 Å². The minimum absolute atomic E-state index is 0.354. The molecule has 1 unspecified atom stereocenters. The van der Waals surface area contributed by atoms with E-state index < -0.39 is 0 Å². The van der Waals surface area contributed by atoms with E-state index in [1.165, 1.54) is 19.3 Å². The lowest BCUT2D eigenvalue weighted by atomic mass is 10.1. The molecule has 1 aromatic heterocycles. The van der Waals surface area contributed by atoms with Crippen LogP contribution in [-0.2, 0) is 11.3 Å². The van der Waals surface area contributed by atoms with Crippen molar-refractivity contribution in [2.24, 2.45) is 5.73 Å². The third kappa shape index (κ3) is 4.08. The predicted octanol–water partition coefficient (Wildman–Crippen LogP) is 1.90. The summed E-state index contributed by atoms with van der Waals surface area (Å²) in [4.78, 5) is 12.1. The quantitative estimate of drug-likeness (QED) is 0.774. The van der Waals surface area contributed by atoms with Crippen molar-refractivity contribution in [3.05, 3.63) is 21.9 Å². The number of amides is 1. The Labute approximate surface area is 112 Å². The Kier molecular flexibility index (Phi) is 5.16. The lowest BCUT2D eigenvalue weighted by Gasteiger charge is -2.22. The highest BCUT2D eigenvalue weighted by molar-refractivity contribution is 7.10. The van der Waals surface area contributed by atoms with Gasteiger partial charge in [-0.2, -0.15) is 0 Å². The van der Waals surface area contributed by atoms with Crippen molar-refractivity contribution in [1.29, 1.82) is 0 Å². The van der Waals surface area contributed by atoms with Crippen LogP contribution in [-0.4, -0.2) is 25.2 Å². The molecule has 3 N–H and O–H groups in total. The van der Waals surface area contributed by atoms with Crippen molar-refractivity contribution in [1.82, 2.24) is 5.32 Å². The Balaban J connectivity index is 1.63. The van der Waals surface area contributed by atoms with E-state index in [4.69, 9.17) is 10.5 Å². The van der Waals surface area contributed by atoms with E-state index in [2.05, 4.69) is 5.32 Å². The summed E-state index contributed by atoms with van der Waals surface area (Å²) in [6.45, 7) is 2.66. The third-order valence-electron chi connectivity index (χ3n) is 3.15. The molecule has 0 spiro atoms. The Morgan fingerprint density at radius 1 is 1.56 bits per heavy atom. The Hall–Kier alpha value is -0.910. The Morgan fingerprint density at radius 3 is 3.11 bits per heavy atom. The molecule has 0 saturated carbocycles. The number of ether oxygens (including phenoxy) is 1. The Morgan fingerprint density at radius 2 is 2.44 bits per heavy atom. The maximum absolute atomic E-state index is 10.9. The number of hydrogen-bond donors (Lipinski definition) is 2. The van der Waals surface area contributed by atoms with Gasteiger partial charge in [0.15, 0.2) is 0 Å². The van der Waals surface area contributed by atoms with E-state index in [0.29, 0.717) is 11.7 Å². The molecule has 18 heavy (non-hydrogen) atoms. The molecule has 1 aliphatic rings. The summed E-state index contributed by atoms with van der Waals surface area (Å²) in [6, 6.07) is 1.86. The highest BCUT2D eigenvalue weighted by Crippen LogP contribution is 2.16. The van der Waals surface area contributed by atoms with Gasteiger partial charge in [-0.15, -0.1) is 11.3 Å². The normalized spacial score (nSPS) is 19.9. The van der Waals surface area contributed by atoms with Crippen LogP contribution in [0.2, 0.25) is 0 Å². The number of rotatable bonds is 6. The van der Waals surface area contributed by atoms with Gasteiger partial charge in [-0.1, -0.05) is 0 Å². The summed E-state index contributed by atoms with van der Waals surface area (Å²) in [6.07, 6.45) is 5.17. The standard InChI is InChI=1S/C13H20N2O2S/c14-13(16)10-7-12(18-9-10)8-15-5-4-11-3-1-2-6-17-11/h7,9,11,15H,1-6,8H2,(H2,14,16). The molecule has 0 radical (unpaired) electrons. The summed E-state index contributed by atoms with van der Waals surface area (Å²) in [5.41, 5.74) is 5.81. The van der Waals surface area contributed by atoms with Gasteiger partial charge in [0.2, 0.25) is 5.91 Å². The van der Waals surface area contributed by atoms with Crippen LogP contribution in [0.3, 0.4) is 0 Å². The molecule has 1 aromatic rings. The van der Waals surface area contributed by atoms with Gasteiger partial charge in [-0.05, 0) is 38.3 Å². The lowest BCUT2D eigenvalue weighted by molar-refractivity contribution is 0.0115. The predicted molar refractivity (Wildman–Crippen MR) is 72.8 cm³/mol. The molecule has 5 heteroatoms. The van der Waals surface area contributed by atoms with Crippen LogP contribution in [0.4, 0.5) is 0 Å². The highest BCUT2D eigenvalue weighted by atomic mass is 32.1. The molecule has 100 valence electrons. The van der Waals surface area contributed by atoms with Crippen LogP contribution in [0, 0.1) is 0 Å². The van der Waals surface area contributed by atoms with Gasteiger partial charge in [0.25, 0.3) is 0 Å². The molecular formula is C13H20N2O2S. The summed E-state index contributed by atoms with van der Waals surface area (Å²) in [7, 11) is 0. The fourth-order valence-electron chi connectivity index (χ4n) is 2.11. The summed E-state index contributed by atoms with van der Waals surface area (Å²) < 4.78 is 5.67. The van der Waals surface area contributed by atoms with Crippen LogP contribution < -0.4 is 11.1 Å². The van der Waals surface area contributed by atoms with Gasteiger partial charge < -0.3 is 15.8 Å². The lowest BCUT2D eigenvalue weighted by Crippen LogP contribution is -2.24. The van der Waals surface area contributed by atoms with E-state index in [0.717, 1.165) is 31.0 Å². The summed E-state index contributed by atoms with van der Waals surface area (Å²) in [5.74, 6) is -0.354. The minimum Gasteiger partial charge on any atom is -0.378 e. The zero-order valence-electron chi connectivity index (χ0n) is 10.5. The number of nitrogens with one attached hydrogen (secondary N) is 1. The van der Waals surface area contributed by atoms with Gasteiger partial charge in [0, 0.05) is 23.4 Å². The topological polar surface area (TPSA) is 64.4 Å². The first-order valence-electron chi connectivity index (χ1n) is 6.45. The van der Waals surface area contributed by atoms with Crippen LogP contribution in [0.25, 0.3) is 0 Å². The first kappa shape index (κ1) is 13.5. The second-order valence-electron chi connectivity index (χ2n) is 4.62. The third-order valence-corrected chi connectivity index (χ3v) is 4.09. The van der Waals surface area contributed by atoms with Crippen molar-refractivity contribution in [2.75, 3.05) is 13.2 Å². The maximum Gasteiger partial charge on any atom is 0.249 e. The highest BCUT2D eigenvalue weighted by Gasteiger charge is 2.12. The largest absolute Gasteiger partial charge is 0.378 e. The van der Waals surface area contributed by atoms with Gasteiger partial charge >= 0.3 is 0 Å². The summed E-state index contributed by atoms with van der Waals surface area (Å²) >= 11 is 1.57. The van der Waals surface area contributed by atoms with E-state index in [1.54, 1.807) is 11.3 Å². The number of nitrogens with two attached hydrogens (primary N) is 1. The molecule has 2 heterocycles. The molecule has 0 aromatic carbocycles. The first-order valence-corrected chi connectivity index (χ1v) is 7.33. The molecule has 0 bridgehead atoms. The molecule has 1 amide bonds. The van der Waals surface area contributed by atoms with E-state index >= 15 is 0 Å². The molecule has 4 nitrogen and oxygen atoms in total. The van der Waals surface area contributed by atoms with Gasteiger partial charge in [0.1, 0.15) is 0 Å². The van der Waals surface area contributed by atoms with Crippen molar-refractivity contribution < 1.29 is 9.53 Å². The average Bonchev–Trinajstić information content (AvgIpc) is 2.85. The van der Waals surface area contributed by atoms with Crippen molar-refractivity contribution >= 4 is 17.2 Å². The first-order chi connectivity index (χ1) is 8.75. The summed E-state index contributed by atoms with van der Waals surface area (Å²) in [5, 5.41) is 5.19. The molecule has 1 fully saturated rings. The second-order valence-corrected chi connectivity index (χ2v) is 5.62. The number of thiophene rings is 1. The number of hydrogen-bond acceptors (Lipinski definition) is 4. The molecule has 0 aliphatic carbocycles. The minimum atomic E-state index is -0.354. The van der Waals surface area contributed by atoms with E-state index in [9.17, 15) is 4.79 Å². The fourth-order valence-corrected chi connectivity index (χ4v) is 2.96. The van der Waals surface area contributed by atoms with Crippen LogP contribution in [0.1, 0.15) is 40.9 Å². The van der Waals surface area contributed by atoms with Crippen LogP contribution in [0.5, 0.6) is 0 Å². The molecule has 1 aliphatic heterocycles. The monoisotopic (exact) mass is 268 g/mol. The average molecular weight is 268 g/mol. The van der Waals surface area contributed by atoms with Crippen LogP contribution in [0.15, 0.2) is 11.4 Å². The zero-order valence-corrected chi connectivity index (χ0v) is 11.3.